The van der Waals surface area contributed by atoms with Crippen molar-refractivity contribution in [2.24, 2.45) is 5.92 Å². The van der Waals surface area contributed by atoms with E-state index in [0.29, 0.717) is 0 Å². The second kappa shape index (κ2) is 7.50. The second-order valence-corrected chi connectivity index (χ2v) is 6.04. The Hall–Kier alpha value is -0.484. The van der Waals surface area contributed by atoms with Crippen molar-refractivity contribution < 1.29 is 16.8 Å². The first-order chi connectivity index (χ1) is 9.33. The standard InChI is InChI=1S/C10H11.C7H13N2.Co/c1-2-6-10-8-4-3-7-9(10)5-1;8-7-5-9-3-1-6(7)2-4-9;/h1-2,5-7H,3-4,8H2;6-8H,1-5H2;/q2*-1;+2/t;7-;/m.1./s1. The summed E-state index contributed by atoms with van der Waals surface area (Å²) in [7, 11) is 0. The molecule has 0 amide bonds. The van der Waals surface area contributed by atoms with E-state index < -0.39 is 0 Å². The zero-order chi connectivity index (χ0) is 13.1. The Kier molecular flexibility index (Phi) is 5.96. The average Bonchev–Trinajstić information content (AvgIpc) is 2.49. The van der Waals surface area contributed by atoms with Gasteiger partial charge in [-0.05, 0) is 32.5 Å². The molecule has 1 aliphatic carbocycles. The zero-order valence-electron chi connectivity index (χ0n) is 12.0. The van der Waals surface area contributed by atoms with E-state index in [4.69, 9.17) is 5.73 Å². The fourth-order valence-corrected chi connectivity index (χ4v) is 3.48. The van der Waals surface area contributed by atoms with E-state index in [0.717, 1.165) is 12.5 Å². The van der Waals surface area contributed by atoms with E-state index in [2.05, 4.69) is 35.6 Å². The Morgan fingerprint density at radius 2 is 1.90 bits per heavy atom. The largest absolute Gasteiger partial charge is 2.00 e. The first kappa shape index (κ1) is 15.9. The Morgan fingerprint density at radius 1 is 1.15 bits per heavy atom. The molecule has 3 heterocycles. The Morgan fingerprint density at radius 3 is 2.45 bits per heavy atom. The van der Waals surface area contributed by atoms with Gasteiger partial charge in [0.25, 0.3) is 0 Å². The van der Waals surface area contributed by atoms with E-state index >= 15 is 0 Å². The molecule has 0 spiro atoms. The van der Waals surface area contributed by atoms with Crippen LogP contribution >= 0.6 is 0 Å². The summed E-state index contributed by atoms with van der Waals surface area (Å²) in [6.07, 6.45) is 8.77. The number of hydrogen-bond donors (Lipinski definition) is 0. The van der Waals surface area contributed by atoms with Crippen LogP contribution in [-0.2, 0) is 23.2 Å². The predicted molar refractivity (Wildman–Crippen MR) is 80.1 cm³/mol. The Bertz CT molecular complexity index is 388. The fourth-order valence-electron chi connectivity index (χ4n) is 3.48. The van der Waals surface area contributed by atoms with Gasteiger partial charge in [0, 0.05) is 0 Å². The van der Waals surface area contributed by atoms with Gasteiger partial charge in [0.1, 0.15) is 0 Å². The summed E-state index contributed by atoms with van der Waals surface area (Å²) < 4.78 is 0. The number of fused-ring (bicyclic) bond motifs is 4. The van der Waals surface area contributed by atoms with Crippen molar-refractivity contribution in [1.29, 1.82) is 0 Å². The molecule has 1 aromatic rings. The van der Waals surface area contributed by atoms with Gasteiger partial charge in [0.2, 0.25) is 0 Å². The molecule has 0 saturated carbocycles. The van der Waals surface area contributed by atoms with Crippen LogP contribution < -0.4 is 0 Å². The number of nitrogens with one attached hydrogen (secondary N) is 1. The van der Waals surface area contributed by atoms with Crippen molar-refractivity contribution in [3.63, 3.8) is 0 Å². The van der Waals surface area contributed by atoms with Crippen molar-refractivity contribution in [1.82, 2.24) is 4.90 Å². The van der Waals surface area contributed by atoms with Crippen molar-refractivity contribution >= 4 is 0 Å². The van der Waals surface area contributed by atoms with E-state index in [1.54, 1.807) is 0 Å². The molecule has 3 fully saturated rings. The summed E-state index contributed by atoms with van der Waals surface area (Å²) in [5.41, 5.74) is 10.6. The number of aryl methyl sites for hydroxylation is 1. The zero-order valence-corrected chi connectivity index (χ0v) is 13.0. The third-order valence-corrected chi connectivity index (χ3v) is 4.73. The molecular formula is C17H24CoN2. The molecule has 1 radical (unpaired) electrons. The summed E-state index contributed by atoms with van der Waals surface area (Å²) in [6, 6.07) is 8.91. The Balaban J connectivity index is 0.000000141. The summed E-state index contributed by atoms with van der Waals surface area (Å²) >= 11 is 0. The van der Waals surface area contributed by atoms with Gasteiger partial charge in [-0.1, -0.05) is 31.2 Å². The summed E-state index contributed by atoms with van der Waals surface area (Å²) in [5.74, 6) is 0.745. The van der Waals surface area contributed by atoms with Crippen LogP contribution in [0.3, 0.4) is 0 Å². The smallest absolute Gasteiger partial charge is 0.673 e. The maximum absolute atomic E-state index is 7.62. The minimum Gasteiger partial charge on any atom is -0.673 e. The van der Waals surface area contributed by atoms with Gasteiger partial charge in [-0.25, -0.2) is 0 Å². The molecule has 20 heavy (non-hydrogen) atoms. The minimum atomic E-state index is 0. The molecule has 3 aliphatic heterocycles. The third kappa shape index (κ3) is 3.79. The summed E-state index contributed by atoms with van der Waals surface area (Å²) in [5, 5.41) is 0. The first-order valence-corrected chi connectivity index (χ1v) is 7.67. The van der Waals surface area contributed by atoms with Crippen LogP contribution in [0.5, 0.6) is 0 Å². The molecule has 2 bridgehead atoms. The molecule has 4 aliphatic rings. The number of benzene rings is 1. The van der Waals surface area contributed by atoms with Crippen LogP contribution in [0.25, 0.3) is 5.73 Å². The van der Waals surface area contributed by atoms with Crippen LogP contribution in [-0.4, -0.2) is 30.6 Å². The Labute approximate surface area is 133 Å². The predicted octanol–water partition coefficient (Wildman–Crippen LogP) is 3.71. The van der Waals surface area contributed by atoms with Gasteiger partial charge < -0.3 is 10.6 Å². The maximum atomic E-state index is 7.62. The summed E-state index contributed by atoms with van der Waals surface area (Å²) in [4.78, 5) is 2.41. The van der Waals surface area contributed by atoms with Crippen LogP contribution in [0.1, 0.15) is 36.8 Å². The molecule has 111 valence electrons. The maximum Gasteiger partial charge on any atom is 2.00 e. The van der Waals surface area contributed by atoms with Gasteiger partial charge >= 0.3 is 16.8 Å². The van der Waals surface area contributed by atoms with Crippen molar-refractivity contribution in [3.05, 3.63) is 47.5 Å². The topological polar surface area (TPSA) is 27.0 Å². The molecule has 3 saturated heterocycles. The van der Waals surface area contributed by atoms with Crippen LogP contribution in [0, 0.1) is 12.3 Å². The number of nitrogens with zero attached hydrogens (tertiary/aromatic N) is 1. The van der Waals surface area contributed by atoms with Gasteiger partial charge in [-0.2, -0.15) is 18.1 Å². The average molecular weight is 315 g/mol. The van der Waals surface area contributed by atoms with Gasteiger partial charge in [-0.15, -0.1) is 23.7 Å². The van der Waals surface area contributed by atoms with E-state index in [1.807, 2.05) is 0 Å². The van der Waals surface area contributed by atoms with Crippen molar-refractivity contribution in [2.45, 2.75) is 38.1 Å². The first-order valence-electron chi connectivity index (χ1n) is 7.67. The second-order valence-electron chi connectivity index (χ2n) is 6.04. The SMILES string of the molecule is [Co+2].[NH-][C@@H]1CN2CCC1CC2.c1ccc2c(c1)[CH-]CCC2. The van der Waals surface area contributed by atoms with Crippen molar-refractivity contribution in [2.75, 3.05) is 19.6 Å². The van der Waals surface area contributed by atoms with Gasteiger partial charge in [0.05, 0.1) is 0 Å². The molecular weight excluding hydrogens is 291 g/mol. The van der Waals surface area contributed by atoms with Crippen LogP contribution in [0.15, 0.2) is 24.3 Å². The molecule has 1 aromatic carbocycles. The fraction of sp³-hybridized carbons (Fsp3) is 0.588. The van der Waals surface area contributed by atoms with Crippen LogP contribution in [0.2, 0.25) is 0 Å². The van der Waals surface area contributed by atoms with Crippen LogP contribution in [0.4, 0.5) is 0 Å². The summed E-state index contributed by atoms with van der Waals surface area (Å²) in [6.45, 7) is 3.57. The van der Waals surface area contributed by atoms with E-state index in [1.165, 1.54) is 56.3 Å². The van der Waals surface area contributed by atoms with E-state index in [9.17, 15) is 0 Å². The molecule has 2 nitrogen and oxygen atoms in total. The molecule has 1 atom stereocenters. The monoisotopic (exact) mass is 315 g/mol. The number of rotatable bonds is 0. The van der Waals surface area contributed by atoms with E-state index in [-0.39, 0.29) is 22.8 Å². The number of piperidine rings is 3. The molecule has 1 N–H and O–H groups in total. The number of hydrogen-bond acceptors (Lipinski definition) is 1. The minimum absolute atomic E-state index is 0. The van der Waals surface area contributed by atoms with Gasteiger partial charge in [0.15, 0.2) is 0 Å². The third-order valence-electron chi connectivity index (χ3n) is 4.73. The van der Waals surface area contributed by atoms with Gasteiger partial charge in [-0.3, -0.25) is 0 Å². The normalized spacial score (nSPS) is 30.1. The molecule has 3 heteroatoms. The van der Waals surface area contributed by atoms with Crippen molar-refractivity contribution in [3.8, 4) is 0 Å². The molecule has 5 rings (SSSR count). The molecule has 0 aromatic heterocycles. The quantitative estimate of drug-likeness (QED) is 0.671. The molecule has 0 unspecified atom stereocenters.